The van der Waals surface area contributed by atoms with Crippen molar-refractivity contribution < 1.29 is 13.2 Å². The Morgan fingerprint density at radius 2 is 1.79 bits per heavy atom. The van der Waals surface area contributed by atoms with Crippen LogP contribution in [0.2, 0.25) is 0 Å². The third kappa shape index (κ3) is 6.43. The first-order chi connectivity index (χ1) is 15.3. The summed E-state index contributed by atoms with van der Waals surface area (Å²) < 4.78 is 24.5. The predicted octanol–water partition coefficient (Wildman–Crippen LogP) is 2.68. The van der Waals surface area contributed by atoms with Crippen molar-refractivity contribution in [2.45, 2.75) is 61.5 Å². The van der Waals surface area contributed by atoms with Crippen LogP contribution in [0.5, 0.6) is 0 Å². The summed E-state index contributed by atoms with van der Waals surface area (Å²) in [5.74, 6) is -0.139. The van der Waals surface area contributed by atoms with Crippen molar-refractivity contribution in [1.29, 1.82) is 0 Å². The fourth-order valence-electron chi connectivity index (χ4n) is 3.20. The maximum atomic E-state index is 13.2. The molecule has 8 nitrogen and oxygen atoms in total. The first-order valence-electron chi connectivity index (χ1n) is 10.5. The summed E-state index contributed by atoms with van der Waals surface area (Å²) >= 11 is 1.23. The van der Waals surface area contributed by atoms with Gasteiger partial charge in [0, 0.05) is 12.1 Å². The molecule has 1 heterocycles. The molecule has 1 atom stereocenters. The van der Waals surface area contributed by atoms with Gasteiger partial charge in [0.25, 0.3) is 5.56 Å². The maximum absolute atomic E-state index is 13.2. The van der Waals surface area contributed by atoms with Gasteiger partial charge in [-0.05, 0) is 63.9 Å². The molecule has 10 heteroatoms. The first-order valence-corrected chi connectivity index (χ1v) is 12.9. The third-order valence-corrected chi connectivity index (χ3v) is 6.87. The molecule has 0 bridgehead atoms. The minimum absolute atomic E-state index is 0.0331. The van der Waals surface area contributed by atoms with Gasteiger partial charge >= 0.3 is 0 Å². The van der Waals surface area contributed by atoms with Crippen LogP contribution in [0.4, 0.5) is 0 Å². The Bertz CT molecular complexity index is 1330. The highest BCUT2D eigenvalue weighted by Gasteiger charge is 2.23. The zero-order valence-electron chi connectivity index (χ0n) is 19.0. The summed E-state index contributed by atoms with van der Waals surface area (Å²) in [5, 5.41) is 8.60. The Kier molecular flexibility index (Phi) is 7.30. The Hall–Kier alpha value is -2.69. The number of nitrogens with zero attached hydrogens (tertiary/aromatic N) is 2. The number of fused-ring (bicyclic) bond motifs is 1. The molecule has 1 unspecified atom stereocenters. The van der Waals surface area contributed by atoms with E-state index < -0.39 is 15.3 Å². The van der Waals surface area contributed by atoms with Gasteiger partial charge in [0.1, 0.15) is 0 Å². The van der Waals surface area contributed by atoms with E-state index in [1.54, 1.807) is 41.8 Å². The van der Waals surface area contributed by atoms with Crippen molar-refractivity contribution in [3.63, 3.8) is 0 Å². The highest BCUT2D eigenvalue weighted by Crippen LogP contribution is 2.23. The van der Waals surface area contributed by atoms with Gasteiger partial charge in [-0.2, -0.15) is 0 Å². The molecule has 2 aromatic carbocycles. The second-order valence-electron chi connectivity index (χ2n) is 8.81. The molecular weight excluding hydrogens is 460 g/mol. The lowest BCUT2D eigenvalue weighted by Gasteiger charge is -2.23. The number of nitrogens with two attached hydrogens (primary N) is 1. The van der Waals surface area contributed by atoms with Crippen LogP contribution in [-0.2, 0) is 27.8 Å². The number of hydrogen-bond donors (Lipinski definition) is 2. The summed E-state index contributed by atoms with van der Waals surface area (Å²) in [5.41, 5.74) is 0.859. The Morgan fingerprint density at radius 3 is 2.39 bits per heavy atom. The second kappa shape index (κ2) is 9.66. The van der Waals surface area contributed by atoms with Crippen LogP contribution in [-0.4, -0.2) is 34.7 Å². The number of primary sulfonamides is 1. The Morgan fingerprint density at radius 1 is 1.15 bits per heavy atom. The second-order valence-corrected chi connectivity index (χ2v) is 11.7. The predicted molar refractivity (Wildman–Crippen MR) is 131 cm³/mol. The molecule has 0 saturated heterocycles. The van der Waals surface area contributed by atoms with E-state index in [9.17, 15) is 18.0 Å². The number of aryl methyl sites for hydroxylation is 1. The van der Waals surface area contributed by atoms with Crippen molar-refractivity contribution in [3.05, 3.63) is 64.4 Å². The fourth-order valence-corrected chi connectivity index (χ4v) is 4.65. The van der Waals surface area contributed by atoms with Gasteiger partial charge in [-0.3, -0.25) is 14.2 Å². The van der Waals surface area contributed by atoms with Gasteiger partial charge in [-0.15, -0.1) is 0 Å². The third-order valence-electron chi connectivity index (χ3n) is 4.85. The van der Waals surface area contributed by atoms with E-state index in [0.717, 1.165) is 5.56 Å². The summed E-state index contributed by atoms with van der Waals surface area (Å²) in [6.07, 6.45) is 0.473. The minimum atomic E-state index is -3.77. The molecule has 3 N–H and O–H groups in total. The molecule has 0 aliphatic heterocycles. The maximum Gasteiger partial charge on any atom is 0.262 e. The van der Waals surface area contributed by atoms with E-state index in [0.29, 0.717) is 29.0 Å². The number of benzene rings is 2. The topological polar surface area (TPSA) is 124 Å². The number of para-hydroxylation sites is 1. The average Bonchev–Trinajstić information content (AvgIpc) is 2.72. The SMILES string of the molecule is CC(Sc1nc2ccccc2c(=O)n1CCc1ccc(S(N)(=O)=O)cc1)C(=O)NC(C)(C)C. The van der Waals surface area contributed by atoms with Crippen LogP contribution in [0, 0.1) is 0 Å². The van der Waals surface area contributed by atoms with Crippen molar-refractivity contribution in [3.8, 4) is 0 Å². The number of carbonyl (C=O) groups excluding carboxylic acids is 1. The summed E-state index contributed by atoms with van der Waals surface area (Å²) in [4.78, 5) is 30.6. The quantitative estimate of drug-likeness (QED) is 0.389. The molecule has 0 fully saturated rings. The van der Waals surface area contributed by atoms with Crippen LogP contribution in [0.1, 0.15) is 33.3 Å². The monoisotopic (exact) mass is 488 g/mol. The lowest BCUT2D eigenvalue weighted by molar-refractivity contribution is -0.121. The fraction of sp³-hybridized carbons (Fsp3) is 0.348. The van der Waals surface area contributed by atoms with Gasteiger partial charge in [0.05, 0.1) is 21.0 Å². The molecular formula is C23H28N4O4S2. The smallest absolute Gasteiger partial charge is 0.262 e. The zero-order chi connectivity index (χ0) is 24.4. The van der Waals surface area contributed by atoms with Crippen LogP contribution in [0.25, 0.3) is 10.9 Å². The number of amides is 1. The van der Waals surface area contributed by atoms with Crippen LogP contribution in [0.15, 0.2) is 63.4 Å². The van der Waals surface area contributed by atoms with Gasteiger partial charge in [0.2, 0.25) is 15.9 Å². The van der Waals surface area contributed by atoms with E-state index in [1.165, 1.54) is 23.9 Å². The van der Waals surface area contributed by atoms with Crippen molar-refractivity contribution in [1.82, 2.24) is 14.9 Å². The molecule has 33 heavy (non-hydrogen) atoms. The van der Waals surface area contributed by atoms with Gasteiger partial charge < -0.3 is 5.32 Å². The average molecular weight is 489 g/mol. The lowest BCUT2D eigenvalue weighted by atomic mass is 10.1. The van der Waals surface area contributed by atoms with Crippen LogP contribution < -0.4 is 16.0 Å². The largest absolute Gasteiger partial charge is 0.351 e. The summed E-state index contributed by atoms with van der Waals surface area (Å²) in [6, 6.07) is 13.3. The van der Waals surface area contributed by atoms with E-state index in [1.807, 2.05) is 26.8 Å². The lowest BCUT2D eigenvalue weighted by Crippen LogP contribution is -2.44. The number of nitrogens with one attached hydrogen (secondary N) is 1. The van der Waals surface area contributed by atoms with Crippen molar-refractivity contribution in [2.24, 2.45) is 5.14 Å². The van der Waals surface area contributed by atoms with E-state index in [4.69, 9.17) is 5.14 Å². The minimum Gasteiger partial charge on any atom is -0.351 e. The normalized spacial score (nSPS) is 13.1. The van der Waals surface area contributed by atoms with Gasteiger partial charge in [0.15, 0.2) is 5.16 Å². The molecule has 0 aliphatic rings. The molecule has 1 amide bonds. The van der Waals surface area contributed by atoms with E-state index in [-0.39, 0.29) is 21.9 Å². The standard InChI is InChI=1S/C23H28N4O4S2/c1-15(20(28)26-23(2,3)4)32-22-25-19-8-6-5-7-18(19)21(29)27(22)14-13-16-9-11-17(12-10-16)33(24,30)31/h5-12,15H,13-14H2,1-4H3,(H,26,28)(H2,24,30,31). The molecule has 0 radical (unpaired) electrons. The number of sulfonamides is 1. The van der Waals surface area contributed by atoms with E-state index in [2.05, 4.69) is 10.3 Å². The Balaban J connectivity index is 1.91. The van der Waals surface area contributed by atoms with E-state index >= 15 is 0 Å². The van der Waals surface area contributed by atoms with Crippen LogP contribution >= 0.6 is 11.8 Å². The van der Waals surface area contributed by atoms with Crippen molar-refractivity contribution >= 4 is 38.6 Å². The first kappa shape index (κ1) is 24.9. The summed E-state index contributed by atoms with van der Waals surface area (Å²) in [7, 11) is -3.77. The van der Waals surface area contributed by atoms with Gasteiger partial charge in [-0.1, -0.05) is 36.0 Å². The number of carbonyl (C=O) groups is 1. The number of rotatable bonds is 7. The molecule has 1 aromatic heterocycles. The van der Waals surface area contributed by atoms with Crippen LogP contribution in [0.3, 0.4) is 0 Å². The number of hydrogen-bond acceptors (Lipinski definition) is 6. The Labute approximate surface area is 197 Å². The summed E-state index contributed by atoms with van der Waals surface area (Å²) in [6.45, 7) is 7.83. The van der Waals surface area contributed by atoms with Crippen molar-refractivity contribution in [2.75, 3.05) is 0 Å². The van der Waals surface area contributed by atoms with Gasteiger partial charge in [-0.25, -0.2) is 18.5 Å². The molecule has 0 spiro atoms. The highest BCUT2D eigenvalue weighted by molar-refractivity contribution is 8.00. The highest BCUT2D eigenvalue weighted by atomic mass is 32.2. The zero-order valence-corrected chi connectivity index (χ0v) is 20.7. The molecule has 3 aromatic rings. The molecule has 0 saturated carbocycles. The molecule has 0 aliphatic carbocycles. The number of thioether (sulfide) groups is 1. The number of aromatic nitrogens is 2. The molecule has 3 rings (SSSR count). The molecule has 176 valence electrons.